The molecule has 0 amide bonds. The Kier molecular flexibility index (Phi) is 2.80. The number of fused-ring (bicyclic) bond motifs is 1. The second-order valence-electron chi connectivity index (χ2n) is 4.27. The van der Waals surface area contributed by atoms with Crippen LogP contribution in [0.25, 0.3) is 22.6 Å². The molecule has 3 rings (SSSR count). The molecule has 0 aliphatic rings. The monoisotopic (exact) mass is 257 g/mol. The average Bonchev–Trinajstić information content (AvgIpc) is 2.84. The van der Waals surface area contributed by atoms with E-state index in [1.807, 2.05) is 49.4 Å². The maximum absolute atomic E-state index is 5.77. The number of nitrogens with zero attached hydrogens (tertiary/aromatic N) is 1. The molecule has 0 radical (unpaired) electrons. The van der Waals surface area contributed by atoms with Gasteiger partial charge in [-0.3, -0.25) is 0 Å². The van der Waals surface area contributed by atoms with Gasteiger partial charge >= 0.3 is 0 Å². The lowest BCUT2D eigenvalue weighted by Gasteiger charge is -1.97. The number of alkyl halides is 1. The number of hydrogen-bond acceptors (Lipinski definition) is 2. The number of aromatic nitrogens is 1. The van der Waals surface area contributed by atoms with Crippen molar-refractivity contribution in [2.75, 3.05) is 0 Å². The Labute approximate surface area is 110 Å². The molecule has 0 fully saturated rings. The molecule has 1 heterocycles. The predicted molar refractivity (Wildman–Crippen MR) is 73.7 cm³/mol. The zero-order chi connectivity index (χ0) is 12.5. The minimum absolute atomic E-state index is 0.521. The highest BCUT2D eigenvalue weighted by molar-refractivity contribution is 6.17. The van der Waals surface area contributed by atoms with Gasteiger partial charge in [-0.25, -0.2) is 4.98 Å². The van der Waals surface area contributed by atoms with Crippen LogP contribution in [0.5, 0.6) is 0 Å². The number of para-hydroxylation sites is 1. The minimum Gasteiger partial charge on any atom is -0.436 e. The zero-order valence-electron chi connectivity index (χ0n) is 9.98. The van der Waals surface area contributed by atoms with Gasteiger partial charge in [-0.15, -0.1) is 11.6 Å². The van der Waals surface area contributed by atoms with Crippen LogP contribution < -0.4 is 0 Å². The maximum Gasteiger partial charge on any atom is 0.227 e. The predicted octanol–water partition coefficient (Wildman–Crippen LogP) is 4.54. The third-order valence-corrected chi connectivity index (χ3v) is 3.28. The van der Waals surface area contributed by atoms with E-state index in [0.717, 1.165) is 27.8 Å². The molecule has 3 aromatic rings. The average molecular weight is 258 g/mol. The van der Waals surface area contributed by atoms with E-state index in [4.69, 9.17) is 16.0 Å². The van der Waals surface area contributed by atoms with Crippen LogP contribution in [-0.4, -0.2) is 4.98 Å². The molecule has 90 valence electrons. The first kappa shape index (κ1) is 11.3. The number of benzene rings is 2. The Morgan fingerprint density at radius 3 is 2.56 bits per heavy atom. The van der Waals surface area contributed by atoms with Crippen molar-refractivity contribution >= 4 is 22.7 Å². The Hall–Kier alpha value is -1.80. The smallest absolute Gasteiger partial charge is 0.227 e. The van der Waals surface area contributed by atoms with Crippen LogP contribution in [0, 0.1) is 6.92 Å². The third kappa shape index (κ3) is 1.89. The second kappa shape index (κ2) is 4.46. The van der Waals surface area contributed by atoms with Crippen molar-refractivity contribution < 1.29 is 4.42 Å². The van der Waals surface area contributed by atoms with Gasteiger partial charge in [-0.1, -0.05) is 24.3 Å². The summed E-state index contributed by atoms with van der Waals surface area (Å²) < 4.78 is 5.76. The molecule has 3 heteroatoms. The Morgan fingerprint density at radius 2 is 1.89 bits per heavy atom. The van der Waals surface area contributed by atoms with Gasteiger partial charge in [0, 0.05) is 11.4 Å². The molecular weight excluding hydrogens is 246 g/mol. The van der Waals surface area contributed by atoms with E-state index in [1.54, 1.807) is 0 Å². The molecule has 0 atom stereocenters. The van der Waals surface area contributed by atoms with E-state index in [2.05, 4.69) is 4.98 Å². The molecule has 0 aliphatic heterocycles. The summed E-state index contributed by atoms with van der Waals surface area (Å²) in [6.45, 7) is 2.03. The Morgan fingerprint density at radius 1 is 1.11 bits per heavy atom. The third-order valence-electron chi connectivity index (χ3n) is 2.98. The lowest BCUT2D eigenvalue weighted by Crippen LogP contribution is -1.80. The van der Waals surface area contributed by atoms with Gasteiger partial charge in [0.1, 0.15) is 5.52 Å². The van der Waals surface area contributed by atoms with Crippen LogP contribution in [-0.2, 0) is 5.88 Å². The fourth-order valence-corrected chi connectivity index (χ4v) is 2.12. The van der Waals surface area contributed by atoms with Crippen molar-refractivity contribution in [3.8, 4) is 11.5 Å². The highest BCUT2D eigenvalue weighted by Gasteiger charge is 2.09. The van der Waals surface area contributed by atoms with Crippen LogP contribution in [0.3, 0.4) is 0 Å². The van der Waals surface area contributed by atoms with Crippen LogP contribution >= 0.6 is 11.6 Å². The summed E-state index contributed by atoms with van der Waals surface area (Å²) in [6.07, 6.45) is 0. The van der Waals surface area contributed by atoms with E-state index in [-0.39, 0.29) is 0 Å². The highest BCUT2D eigenvalue weighted by Crippen LogP contribution is 2.26. The summed E-state index contributed by atoms with van der Waals surface area (Å²) in [5, 5.41) is 0. The first-order valence-electron chi connectivity index (χ1n) is 5.79. The molecule has 0 spiro atoms. The van der Waals surface area contributed by atoms with Gasteiger partial charge in [0.05, 0.1) is 0 Å². The molecule has 18 heavy (non-hydrogen) atoms. The molecule has 0 bridgehead atoms. The van der Waals surface area contributed by atoms with Gasteiger partial charge in [0.15, 0.2) is 5.58 Å². The van der Waals surface area contributed by atoms with E-state index < -0.39 is 0 Å². The number of oxazole rings is 1. The Balaban J connectivity index is 2.10. The first-order chi connectivity index (χ1) is 8.78. The quantitative estimate of drug-likeness (QED) is 0.630. The van der Waals surface area contributed by atoms with Gasteiger partial charge in [-0.05, 0) is 36.2 Å². The number of aryl methyl sites for hydroxylation is 1. The molecule has 2 aromatic carbocycles. The normalized spacial score (nSPS) is 11.0. The zero-order valence-corrected chi connectivity index (χ0v) is 10.7. The molecule has 1 aromatic heterocycles. The van der Waals surface area contributed by atoms with Gasteiger partial charge < -0.3 is 4.42 Å². The number of rotatable bonds is 2. The summed E-state index contributed by atoms with van der Waals surface area (Å²) in [5.74, 6) is 1.17. The van der Waals surface area contributed by atoms with E-state index in [9.17, 15) is 0 Å². The van der Waals surface area contributed by atoms with E-state index in [1.165, 1.54) is 0 Å². The lowest BCUT2D eigenvalue weighted by atomic mass is 10.1. The fraction of sp³-hybridized carbons (Fsp3) is 0.133. The fourth-order valence-electron chi connectivity index (χ4n) is 1.95. The summed E-state index contributed by atoms with van der Waals surface area (Å²) in [5.41, 5.74) is 4.94. The first-order valence-corrected chi connectivity index (χ1v) is 6.33. The van der Waals surface area contributed by atoms with E-state index >= 15 is 0 Å². The van der Waals surface area contributed by atoms with Crippen molar-refractivity contribution in [1.29, 1.82) is 0 Å². The molecule has 2 nitrogen and oxygen atoms in total. The SMILES string of the molecule is Cc1cccc2oc(-c3ccc(CCl)cc3)nc12. The van der Waals surface area contributed by atoms with Crippen LogP contribution in [0.2, 0.25) is 0 Å². The summed E-state index contributed by atoms with van der Waals surface area (Å²) >= 11 is 5.77. The largest absolute Gasteiger partial charge is 0.436 e. The molecule has 0 unspecified atom stereocenters. The van der Waals surface area contributed by atoms with Crippen LogP contribution in [0.4, 0.5) is 0 Å². The molecule has 0 saturated heterocycles. The second-order valence-corrected chi connectivity index (χ2v) is 4.54. The molecule has 0 saturated carbocycles. The van der Waals surface area contributed by atoms with Gasteiger partial charge in [-0.2, -0.15) is 0 Å². The van der Waals surface area contributed by atoms with Crippen molar-refractivity contribution in [1.82, 2.24) is 4.98 Å². The maximum atomic E-state index is 5.77. The standard InChI is InChI=1S/C15H12ClNO/c1-10-3-2-4-13-14(10)17-15(18-13)12-7-5-11(9-16)6-8-12/h2-8H,9H2,1H3. The summed E-state index contributed by atoms with van der Waals surface area (Å²) in [7, 11) is 0. The van der Waals surface area contributed by atoms with Crippen LogP contribution in [0.15, 0.2) is 46.9 Å². The lowest BCUT2D eigenvalue weighted by molar-refractivity contribution is 0.620. The van der Waals surface area contributed by atoms with Gasteiger partial charge in [0.25, 0.3) is 0 Å². The number of hydrogen-bond donors (Lipinski definition) is 0. The molecular formula is C15H12ClNO. The molecule has 0 aliphatic carbocycles. The van der Waals surface area contributed by atoms with Crippen molar-refractivity contribution in [3.05, 3.63) is 53.6 Å². The molecule has 0 N–H and O–H groups in total. The van der Waals surface area contributed by atoms with Crippen molar-refractivity contribution in [2.45, 2.75) is 12.8 Å². The van der Waals surface area contributed by atoms with Crippen LogP contribution in [0.1, 0.15) is 11.1 Å². The summed E-state index contributed by atoms with van der Waals surface area (Å²) in [6, 6.07) is 13.9. The topological polar surface area (TPSA) is 26.0 Å². The van der Waals surface area contributed by atoms with E-state index in [0.29, 0.717) is 11.8 Å². The highest BCUT2D eigenvalue weighted by atomic mass is 35.5. The van der Waals surface area contributed by atoms with Gasteiger partial charge in [0.2, 0.25) is 5.89 Å². The van der Waals surface area contributed by atoms with Crippen molar-refractivity contribution in [3.63, 3.8) is 0 Å². The minimum atomic E-state index is 0.521. The Bertz CT molecular complexity index is 685. The van der Waals surface area contributed by atoms with Crippen molar-refractivity contribution in [2.24, 2.45) is 0 Å². The summed E-state index contributed by atoms with van der Waals surface area (Å²) in [4.78, 5) is 4.54. The number of halogens is 1.